The maximum Gasteiger partial charge on any atom is 0.338 e. The molecule has 12 heavy (non-hydrogen) atoms. The van der Waals surface area contributed by atoms with Crippen LogP contribution in [0.15, 0.2) is 0 Å². The number of carboxylic acid groups (broad SMARTS) is 1. The summed E-state index contributed by atoms with van der Waals surface area (Å²) in [6, 6.07) is 0. The highest BCUT2D eigenvalue weighted by atomic mass is 19.1. The van der Waals surface area contributed by atoms with Crippen LogP contribution in [-0.2, 0) is 4.79 Å². The van der Waals surface area contributed by atoms with Crippen LogP contribution in [-0.4, -0.2) is 17.2 Å². The fraction of sp³-hybridized carbons (Fsp3) is 0.889. The van der Waals surface area contributed by atoms with Crippen molar-refractivity contribution in [2.24, 2.45) is 11.8 Å². The molecule has 1 aliphatic carbocycles. The van der Waals surface area contributed by atoms with Gasteiger partial charge in [-0.15, -0.1) is 0 Å². The van der Waals surface area contributed by atoms with Crippen LogP contribution in [0, 0.1) is 11.8 Å². The number of carbonyl (C=O) groups is 1. The molecule has 0 aromatic heterocycles. The summed E-state index contributed by atoms with van der Waals surface area (Å²) < 4.78 is 12.8. The minimum atomic E-state index is -1.68. The van der Waals surface area contributed by atoms with Gasteiger partial charge in [-0.25, -0.2) is 9.18 Å². The normalized spacial score (nSPS) is 22.8. The number of hydrogen-bond donors (Lipinski definition) is 1. The van der Waals surface area contributed by atoms with Crippen molar-refractivity contribution < 1.29 is 14.3 Å². The highest BCUT2D eigenvalue weighted by Crippen LogP contribution is 2.33. The molecular formula is C9H15FO2. The molecule has 0 aromatic carbocycles. The Kier molecular flexibility index (Phi) is 3.06. The number of aliphatic carboxylic acids is 1. The van der Waals surface area contributed by atoms with E-state index in [9.17, 15) is 9.18 Å². The van der Waals surface area contributed by atoms with E-state index in [0.29, 0.717) is 5.92 Å². The Morgan fingerprint density at radius 2 is 2.25 bits per heavy atom. The lowest BCUT2D eigenvalue weighted by Crippen LogP contribution is -2.26. The van der Waals surface area contributed by atoms with Crippen molar-refractivity contribution in [3.05, 3.63) is 0 Å². The van der Waals surface area contributed by atoms with Gasteiger partial charge < -0.3 is 5.11 Å². The van der Waals surface area contributed by atoms with Gasteiger partial charge in [0.1, 0.15) is 0 Å². The molecule has 0 saturated heterocycles. The monoisotopic (exact) mass is 174 g/mol. The van der Waals surface area contributed by atoms with Crippen molar-refractivity contribution in [3.63, 3.8) is 0 Å². The Hall–Kier alpha value is -0.600. The minimum absolute atomic E-state index is 0.326. The number of halogens is 1. The van der Waals surface area contributed by atoms with E-state index in [1.54, 1.807) is 6.92 Å². The smallest absolute Gasteiger partial charge is 0.338 e. The van der Waals surface area contributed by atoms with Gasteiger partial charge in [0.05, 0.1) is 0 Å². The highest BCUT2D eigenvalue weighted by Gasteiger charge is 2.28. The zero-order chi connectivity index (χ0) is 9.14. The van der Waals surface area contributed by atoms with Gasteiger partial charge in [-0.05, 0) is 18.3 Å². The van der Waals surface area contributed by atoms with Gasteiger partial charge in [0.2, 0.25) is 0 Å². The second kappa shape index (κ2) is 3.87. The first-order valence-electron chi connectivity index (χ1n) is 4.48. The molecule has 2 unspecified atom stereocenters. The molecule has 1 N–H and O–H groups in total. The Labute approximate surface area is 71.8 Å². The Bertz CT molecular complexity index is 166. The molecule has 1 saturated carbocycles. The highest BCUT2D eigenvalue weighted by molar-refractivity contribution is 5.72. The van der Waals surface area contributed by atoms with Gasteiger partial charge >= 0.3 is 5.97 Å². The third kappa shape index (κ3) is 2.19. The van der Waals surface area contributed by atoms with Crippen LogP contribution in [0.1, 0.15) is 32.6 Å². The maximum absolute atomic E-state index is 12.8. The molecule has 0 spiro atoms. The predicted molar refractivity (Wildman–Crippen MR) is 43.7 cm³/mol. The van der Waals surface area contributed by atoms with E-state index in [1.165, 1.54) is 6.42 Å². The van der Waals surface area contributed by atoms with Gasteiger partial charge in [-0.1, -0.05) is 26.2 Å². The third-order valence-electron chi connectivity index (χ3n) is 2.67. The lowest BCUT2D eigenvalue weighted by molar-refractivity contribution is -0.145. The van der Waals surface area contributed by atoms with Gasteiger partial charge in [0.25, 0.3) is 0 Å². The van der Waals surface area contributed by atoms with Crippen molar-refractivity contribution in [1.29, 1.82) is 0 Å². The standard InChI is InChI=1S/C9H15FO2/c1-6(8(10)9(11)12)5-7-3-2-4-7/h6-8H,2-5H2,1H3,(H,11,12). The van der Waals surface area contributed by atoms with E-state index < -0.39 is 12.1 Å². The summed E-state index contributed by atoms with van der Waals surface area (Å²) in [6.07, 6.45) is 2.58. The van der Waals surface area contributed by atoms with Gasteiger partial charge in [-0.2, -0.15) is 0 Å². The number of carboxylic acids is 1. The van der Waals surface area contributed by atoms with E-state index in [4.69, 9.17) is 5.11 Å². The summed E-state index contributed by atoms with van der Waals surface area (Å²) in [7, 11) is 0. The molecule has 2 nitrogen and oxygen atoms in total. The molecule has 70 valence electrons. The van der Waals surface area contributed by atoms with Crippen molar-refractivity contribution in [2.45, 2.75) is 38.8 Å². The van der Waals surface area contributed by atoms with Gasteiger partial charge in [-0.3, -0.25) is 0 Å². The minimum Gasteiger partial charge on any atom is -0.479 e. The van der Waals surface area contributed by atoms with Crippen molar-refractivity contribution in [3.8, 4) is 0 Å². The SMILES string of the molecule is CC(CC1CCC1)C(F)C(=O)O. The molecule has 0 aliphatic heterocycles. The van der Waals surface area contributed by atoms with E-state index >= 15 is 0 Å². The first-order chi connectivity index (χ1) is 5.61. The van der Waals surface area contributed by atoms with E-state index in [-0.39, 0.29) is 5.92 Å². The fourth-order valence-corrected chi connectivity index (χ4v) is 1.62. The van der Waals surface area contributed by atoms with Crippen molar-refractivity contribution in [1.82, 2.24) is 0 Å². The zero-order valence-electron chi connectivity index (χ0n) is 7.29. The van der Waals surface area contributed by atoms with Crippen molar-refractivity contribution >= 4 is 5.97 Å². The molecule has 3 heteroatoms. The lowest BCUT2D eigenvalue weighted by Gasteiger charge is -2.28. The quantitative estimate of drug-likeness (QED) is 0.709. The van der Waals surface area contributed by atoms with Crippen LogP contribution in [0.4, 0.5) is 4.39 Å². The predicted octanol–water partition coefficient (Wildman–Crippen LogP) is 2.24. The van der Waals surface area contributed by atoms with E-state index in [1.807, 2.05) is 0 Å². The van der Waals surface area contributed by atoms with E-state index in [0.717, 1.165) is 19.3 Å². The van der Waals surface area contributed by atoms with Crippen molar-refractivity contribution in [2.75, 3.05) is 0 Å². The third-order valence-corrected chi connectivity index (χ3v) is 2.67. The van der Waals surface area contributed by atoms with Gasteiger partial charge in [0, 0.05) is 0 Å². The molecule has 2 atom stereocenters. The average molecular weight is 174 g/mol. The van der Waals surface area contributed by atoms with Crippen LogP contribution < -0.4 is 0 Å². The van der Waals surface area contributed by atoms with Crippen LogP contribution in [0.25, 0.3) is 0 Å². The topological polar surface area (TPSA) is 37.3 Å². The molecule has 1 aliphatic rings. The summed E-state index contributed by atoms with van der Waals surface area (Å²) >= 11 is 0. The molecular weight excluding hydrogens is 159 g/mol. The average Bonchev–Trinajstić information content (AvgIpc) is 1.94. The largest absolute Gasteiger partial charge is 0.479 e. The van der Waals surface area contributed by atoms with Gasteiger partial charge in [0.15, 0.2) is 6.17 Å². The first-order valence-corrected chi connectivity index (χ1v) is 4.48. The Balaban J connectivity index is 2.25. The van der Waals surface area contributed by atoms with Crippen LogP contribution in [0.2, 0.25) is 0 Å². The molecule has 0 bridgehead atoms. The molecule has 1 fully saturated rings. The number of rotatable bonds is 4. The zero-order valence-corrected chi connectivity index (χ0v) is 7.29. The number of hydrogen-bond acceptors (Lipinski definition) is 1. The summed E-state index contributed by atoms with van der Waals surface area (Å²) in [6.45, 7) is 1.68. The molecule has 1 rings (SSSR count). The van der Waals surface area contributed by atoms with E-state index in [2.05, 4.69) is 0 Å². The fourth-order valence-electron chi connectivity index (χ4n) is 1.62. The van der Waals surface area contributed by atoms with Crippen LogP contribution >= 0.6 is 0 Å². The maximum atomic E-state index is 12.8. The Morgan fingerprint density at radius 1 is 1.67 bits per heavy atom. The summed E-state index contributed by atoms with van der Waals surface area (Å²) in [5.74, 6) is -1.06. The summed E-state index contributed by atoms with van der Waals surface area (Å²) in [4.78, 5) is 10.3. The first kappa shape index (κ1) is 9.49. The molecule has 0 radical (unpaired) electrons. The summed E-state index contributed by atoms with van der Waals surface area (Å²) in [5, 5.41) is 8.38. The second-order valence-corrected chi connectivity index (χ2v) is 3.75. The van der Waals surface area contributed by atoms with Crippen LogP contribution in [0.3, 0.4) is 0 Å². The summed E-state index contributed by atoms with van der Waals surface area (Å²) in [5.41, 5.74) is 0. The lowest BCUT2D eigenvalue weighted by atomic mass is 9.78. The molecule has 0 amide bonds. The number of alkyl halides is 1. The Morgan fingerprint density at radius 3 is 2.58 bits per heavy atom. The van der Waals surface area contributed by atoms with Crippen LogP contribution in [0.5, 0.6) is 0 Å². The molecule has 0 aromatic rings. The second-order valence-electron chi connectivity index (χ2n) is 3.75. The molecule has 0 heterocycles.